The number of hydrogen-bond acceptors (Lipinski definition) is 4. The van der Waals surface area contributed by atoms with E-state index in [4.69, 9.17) is 4.74 Å². The molecule has 0 saturated carbocycles. The van der Waals surface area contributed by atoms with Crippen molar-refractivity contribution in [3.8, 4) is 5.75 Å². The van der Waals surface area contributed by atoms with Crippen molar-refractivity contribution in [2.24, 2.45) is 5.10 Å². The number of methoxy groups -OCH3 is 1. The summed E-state index contributed by atoms with van der Waals surface area (Å²) in [5.41, 5.74) is 5.07. The summed E-state index contributed by atoms with van der Waals surface area (Å²) in [5.74, 6) is 0.504. The van der Waals surface area contributed by atoms with Crippen LogP contribution in [0.5, 0.6) is 5.75 Å². The second-order valence-corrected chi connectivity index (χ2v) is 6.17. The van der Waals surface area contributed by atoms with Gasteiger partial charge in [-0.05, 0) is 77.8 Å². The fourth-order valence-electron chi connectivity index (χ4n) is 2.41. The number of amides is 1. The number of carbonyl (C=O) groups excluding carboxylic acids is 1. The van der Waals surface area contributed by atoms with Gasteiger partial charge in [0, 0.05) is 24.3 Å². The normalized spacial score (nSPS) is 10.7. The minimum atomic E-state index is -0.241. The first kappa shape index (κ1) is 19.0. The molecule has 6 heteroatoms. The molecule has 0 saturated heterocycles. The van der Waals surface area contributed by atoms with Gasteiger partial charge in [0.1, 0.15) is 5.75 Å². The van der Waals surface area contributed by atoms with Crippen molar-refractivity contribution in [1.82, 2.24) is 5.43 Å². The van der Waals surface area contributed by atoms with Crippen molar-refractivity contribution in [2.75, 3.05) is 25.1 Å². The van der Waals surface area contributed by atoms with Crippen LogP contribution >= 0.6 is 15.9 Å². The largest absolute Gasteiger partial charge is 0.496 e. The molecule has 2 aromatic carbocycles. The summed E-state index contributed by atoms with van der Waals surface area (Å²) in [7, 11) is 1.61. The van der Waals surface area contributed by atoms with Crippen LogP contribution in [0, 0.1) is 0 Å². The van der Waals surface area contributed by atoms with Crippen LogP contribution in [0.1, 0.15) is 29.8 Å². The Morgan fingerprint density at radius 3 is 2.44 bits per heavy atom. The Hall–Kier alpha value is -2.34. The standard InChI is InChI=1S/C19H22BrN3O2/c1-4-23(5-2)16-9-7-15(8-10-16)19(24)22-21-13-14-6-11-18(25-3)17(20)12-14/h6-13H,4-5H2,1-3H3,(H,22,24)/b21-13-. The Labute approximate surface area is 156 Å². The van der Waals surface area contributed by atoms with Crippen LogP contribution in [0.4, 0.5) is 5.69 Å². The van der Waals surface area contributed by atoms with Crippen LogP contribution in [0.3, 0.4) is 0 Å². The van der Waals surface area contributed by atoms with Crippen molar-refractivity contribution in [1.29, 1.82) is 0 Å². The molecule has 0 atom stereocenters. The quantitative estimate of drug-likeness (QED) is 0.559. The van der Waals surface area contributed by atoms with Crippen molar-refractivity contribution in [3.05, 3.63) is 58.1 Å². The molecule has 0 radical (unpaired) electrons. The highest BCUT2D eigenvalue weighted by Gasteiger charge is 2.06. The van der Waals surface area contributed by atoms with E-state index in [-0.39, 0.29) is 5.91 Å². The number of halogens is 1. The second-order valence-electron chi connectivity index (χ2n) is 5.31. The van der Waals surface area contributed by atoms with E-state index in [0.29, 0.717) is 5.56 Å². The first-order valence-corrected chi connectivity index (χ1v) is 8.90. The van der Waals surface area contributed by atoms with E-state index in [1.807, 2.05) is 42.5 Å². The van der Waals surface area contributed by atoms with E-state index in [9.17, 15) is 4.79 Å². The van der Waals surface area contributed by atoms with Crippen LogP contribution < -0.4 is 15.1 Å². The summed E-state index contributed by atoms with van der Waals surface area (Å²) in [6, 6.07) is 13.1. The van der Waals surface area contributed by atoms with Crippen LogP contribution in [0.25, 0.3) is 0 Å². The lowest BCUT2D eigenvalue weighted by molar-refractivity contribution is 0.0955. The van der Waals surface area contributed by atoms with E-state index in [2.05, 4.69) is 45.2 Å². The number of hydrazone groups is 1. The maximum atomic E-state index is 12.2. The Morgan fingerprint density at radius 1 is 1.20 bits per heavy atom. The molecule has 25 heavy (non-hydrogen) atoms. The summed E-state index contributed by atoms with van der Waals surface area (Å²) in [4.78, 5) is 14.4. The number of rotatable bonds is 7. The Morgan fingerprint density at radius 2 is 1.88 bits per heavy atom. The maximum absolute atomic E-state index is 12.2. The predicted molar refractivity (Wildman–Crippen MR) is 106 cm³/mol. The van der Waals surface area contributed by atoms with Crippen LogP contribution in [0.2, 0.25) is 0 Å². The molecular formula is C19H22BrN3O2. The number of hydrogen-bond donors (Lipinski definition) is 1. The third-order valence-corrected chi connectivity index (χ3v) is 4.43. The number of ether oxygens (including phenoxy) is 1. The van der Waals surface area contributed by atoms with Gasteiger partial charge in [-0.3, -0.25) is 4.79 Å². The molecule has 0 heterocycles. The molecule has 132 valence electrons. The zero-order chi connectivity index (χ0) is 18.2. The minimum Gasteiger partial charge on any atom is -0.496 e. The van der Waals surface area contributed by atoms with Gasteiger partial charge in [0.25, 0.3) is 5.91 Å². The van der Waals surface area contributed by atoms with E-state index in [1.54, 1.807) is 13.3 Å². The third-order valence-electron chi connectivity index (χ3n) is 3.81. The van der Waals surface area contributed by atoms with Crippen molar-refractivity contribution in [3.63, 3.8) is 0 Å². The molecule has 0 aliphatic carbocycles. The Kier molecular flexibility index (Phi) is 7.01. The highest BCUT2D eigenvalue weighted by atomic mass is 79.9. The molecule has 0 fully saturated rings. The van der Waals surface area contributed by atoms with Gasteiger partial charge in [-0.25, -0.2) is 5.43 Å². The highest BCUT2D eigenvalue weighted by Crippen LogP contribution is 2.24. The summed E-state index contributed by atoms with van der Waals surface area (Å²) >= 11 is 3.42. The minimum absolute atomic E-state index is 0.241. The molecule has 2 rings (SSSR count). The SMILES string of the molecule is CCN(CC)c1ccc(C(=O)N/N=C\c2ccc(OC)c(Br)c2)cc1. The summed E-state index contributed by atoms with van der Waals surface area (Å²) in [6.07, 6.45) is 1.59. The summed E-state index contributed by atoms with van der Waals surface area (Å²) in [5, 5.41) is 4.01. The number of carbonyl (C=O) groups is 1. The van der Waals surface area contributed by atoms with Crippen molar-refractivity contribution < 1.29 is 9.53 Å². The molecular weight excluding hydrogens is 382 g/mol. The number of anilines is 1. The fourth-order valence-corrected chi connectivity index (χ4v) is 2.96. The lowest BCUT2D eigenvalue weighted by Gasteiger charge is -2.20. The average Bonchev–Trinajstić information content (AvgIpc) is 2.63. The van der Waals surface area contributed by atoms with Gasteiger partial charge in [0.05, 0.1) is 17.8 Å². The highest BCUT2D eigenvalue weighted by molar-refractivity contribution is 9.10. The molecule has 5 nitrogen and oxygen atoms in total. The molecule has 1 N–H and O–H groups in total. The van der Waals surface area contributed by atoms with Gasteiger partial charge < -0.3 is 9.64 Å². The molecule has 2 aromatic rings. The van der Waals surface area contributed by atoms with Gasteiger partial charge in [-0.2, -0.15) is 5.10 Å². The van der Waals surface area contributed by atoms with Gasteiger partial charge >= 0.3 is 0 Å². The number of benzene rings is 2. The number of nitrogens with one attached hydrogen (secondary N) is 1. The molecule has 1 amide bonds. The molecule has 0 aliphatic rings. The second kappa shape index (κ2) is 9.22. The summed E-state index contributed by atoms with van der Waals surface area (Å²) in [6.45, 7) is 6.08. The third kappa shape index (κ3) is 5.06. The van der Waals surface area contributed by atoms with Crippen LogP contribution in [-0.4, -0.2) is 32.3 Å². The van der Waals surface area contributed by atoms with E-state index >= 15 is 0 Å². The maximum Gasteiger partial charge on any atom is 0.271 e. The van der Waals surface area contributed by atoms with Gasteiger partial charge in [0.2, 0.25) is 0 Å². The van der Waals surface area contributed by atoms with Crippen LogP contribution in [0.15, 0.2) is 52.0 Å². The van der Waals surface area contributed by atoms with Crippen molar-refractivity contribution >= 4 is 33.7 Å². The molecule has 0 aromatic heterocycles. The van der Waals surface area contributed by atoms with Crippen molar-refractivity contribution in [2.45, 2.75) is 13.8 Å². The average molecular weight is 404 g/mol. The molecule has 0 spiro atoms. The zero-order valence-corrected chi connectivity index (χ0v) is 16.2. The Bertz CT molecular complexity index is 741. The smallest absolute Gasteiger partial charge is 0.271 e. The van der Waals surface area contributed by atoms with Gasteiger partial charge in [0.15, 0.2) is 0 Å². The predicted octanol–water partition coefficient (Wildman–Crippen LogP) is 4.07. The van der Waals surface area contributed by atoms with Crippen LogP contribution in [-0.2, 0) is 0 Å². The van der Waals surface area contributed by atoms with Gasteiger partial charge in [-0.15, -0.1) is 0 Å². The van der Waals surface area contributed by atoms with E-state index in [0.717, 1.165) is 34.6 Å². The van der Waals surface area contributed by atoms with E-state index in [1.165, 1.54) is 0 Å². The first-order chi connectivity index (χ1) is 12.1. The number of nitrogens with zero attached hydrogens (tertiary/aromatic N) is 2. The lowest BCUT2D eigenvalue weighted by atomic mass is 10.2. The molecule has 0 bridgehead atoms. The fraction of sp³-hybridized carbons (Fsp3) is 0.263. The zero-order valence-electron chi connectivity index (χ0n) is 14.6. The monoisotopic (exact) mass is 403 g/mol. The molecule has 0 aliphatic heterocycles. The lowest BCUT2D eigenvalue weighted by Crippen LogP contribution is -2.22. The molecule has 0 unspecified atom stereocenters. The van der Waals surface area contributed by atoms with Gasteiger partial charge in [-0.1, -0.05) is 0 Å². The first-order valence-electron chi connectivity index (χ1n) is 8.11. The topological polar surface area (TPSA) is 53.9 Å². The Balaban J connectivity index is 1.99. The van der Waals surface area contributed by atoms with E-state index < -0.39 is 0 Å². The summed E-state index contributed by atoms with van der Waals surface area (Å²) < 4.78 is 6.01.